The molecule has 1 N–H and O–H groups in total. The number of anilines is 1. The lowest BCUT2D eigenvalue weighted by Gasteiger charge is -2.29. The molecule has 1 aliphatic rings. The van der Waals surface area contributed by atoms with E-state index in [0.29, 0.717) is 29.2 Å². The Labute approximate surface area is 133 Å². The van der Waals surface area contributed by atoms with E-state index in [9.17, 15) is 10.1 Å². The van der Waals surface area contributed by atoms with Gasteiger partial charge in [-0.3, -0.25) is 4.79 Å². The van der Waals surface area contributed by atoms with E-state index in [1.165, 1.54) is 11.3 Å². The monoisotopic (exact) mass is 312 g/mol. The summed E-state index contributed by atoms with van der Waals surface area (Å²) in [6.07, 6.45) is 0.683. The van der Waals surface area contributed by atoms with Crippen LogP contribution in [0.2, 0.25) is 0 Å². The first kappa shape index (κ1) is 14.8. The molecule has 0 saturated carbocycles. The average molecular weight is 312 g/mol. The number of fused-ring (bicyclic) bond motifs is 1. The van der Waals surface area contributed by atoms with E-state index < -0.39 is 0 Å². The molecule has 4 nitrogen and oxygen atoms in total. The van der Waals surface area contributed by atoms with Gasteiger partial charge < -0.3 is 10.1 Å². The minimum Gasteiger partial charge on any atom is -0.370 e. The topological polar surface area (TPSA) is 62.1 Å². The molecule has 22 heavy (non-hydrogen) atoms. The van der Waals surface area contributed by atoms with Crippen LogP contribution in [-0.2, 0) is 17.8 Å². The van der Waals surface area contributed by atoms with Gasteiger partial charge in [0.1, 0.15) is 11.1 Å². The molecule has 5 heteroatoms. The third-order valence-corrected chi connectivity index (χ3v) is 4.78. The second kappa shape index (κ2) is 5.56. The Kier molecular flexibility index (Phi) is 3.73. The highest BCUT2D eigenvalue weighted by atomic mass is 32.1. The van der Waals surface area contributed by atoms with Crippen LogP contribution < -0.4 is 5.32 Å². The fraction of sp³-hybridized carbons (Fsp3) is 0.294. The SMILES string of the molecule is CC1(C)Cc2c(sc(NC(=O)c3ccccc3)c2C#N)CO1. The Bertz CT molecular complexity index is 757. The summed E-state index contributed by atoms with van der Waals surface area (Å²) >= 11 is 1.43. The molecule has 0 spiro atoms. The number of nitrogens with zero attached hydrogens (tertiary/aromatic N) is 1. The number of hydrogen-bond acceptors (Lipinski definition) is 4. The van der Waals surface area contributed by atoms with Crippen LogP contribution in [0.4, 0.5) is 5.00 Å². The molecule has 2 heterocycles. The molecule has 0 fully saturated rings. The summed E-state index contributed by atoms with van der Waals surface area (Å²) in [5, 5.41) is 13.0. The van der Waals surface area contributed by atoms with Crippen molar-refractivity contribution in [3.63, 3.8) is 0 Å². The normalized spacial score (nSPS) is 15.7. The van der Waals surface area contributed by atoms with Crippen LogP contribution in [0.3, 0.4) is 0 Å². The summed E-state index contributed by atoms with van der Waals surface area (Å²) in [5.74, 6) is -0.198. The third-order valence-electron chi connectivity index (χ3n) is 3.66. The largest absolute Gasteiger partial charge is 0.370 e. The summed E-state index contributed by atoms with van der Waals surface area (Å²) in [6.45, 7) is 4.51. The fourth-order valence-corrected chi connectivity index (χ4v) is 3.60. The Hall–Kier alpha value is -2.16. The molecule has 2 aromatic rings. The van der Waals surface area contributed by atoms with Gasteiger partial charge in [0.05, 0.1) is 17.8 Å². The molecule has 112 valence electrons. The number of ether oxygens (including phenoxy) is 1. The fourth-order valence-electron chi connectivity index (χ4n) is 2.52. The molecule has 1 aromatic heterocycles. The lowest BCUT2D eigenvalue weighted by atomic mass is 9.93. The van der Waals surface area contributed by atoms with Crippen molar-refractivity contribution in [1.29, 1.82) is 5.26 Å². The molecule has 3 rings (SSSR count). The van der Waals surface area contributed by atoms with Crippen molar-refractivity contribution in [2.75, 3.05) is 5.32 Å². The maximum Gasteiger partial charge on any atom is 0.256 e. The molecule has 1 amide bonds. The summed E-state index contributed by atoms with van der Waals surface area (Å²) in [6, 6.07) is 11.2. The van der Waals surface area contributed by atoms with E-state index in [1.807, 2.05) is 32.0 Å². The third kappa shape index (κ3) is 2.76. The average Bonchev–Trinajstić information content (AvgIpc) is 2.83. The van der Waals surface area contributed by atoms with Gasteiger partial charge in [0, 0.05) is 16.9 Å². The number of rotatable bonds is 2. The smallest absolute Gasteiger partial charge is 0.256 e. The van der Waals surface area contributed by atoms with E-state index in [-0.39, 0.29) is 11.5 Å². The number of nitrogens with one attached hydrogen (secondary N) is 1. The number of amides is 1. The van der Waals surface area contributed by atoms with Crippen molar-refractivity contribution in [3.05, 3.63) is 51.9 Å². The minimum atomic E-state index is -0.277. The van der Waals surface area contributed by atoms with E-state index in [2.05, 4.69) is 11.4 Å². The zero-order valence-corrected chi connectivity index (χ0v) is 13.3. The number of carbonyl (C=O) groups is 1. The number of thiophene rings is 1. The van der Waals surface area contributed by atoms with Crippen molar-refractivity contribution in [2.24, 2.45) is 0 Å². The molecule has 0 radical (unpaired) electrons. The summed E-state index contributed by atoms with van der Waals surface area (Å²) in [4.78, 5) is 13.3. The van der Waals surface area contributed by atoms with Gasteiger partial charge in [-0.25, -0.2) is 0 Å². The summed E-state index contributed by atoms with van der Waals surface area (Å²) in [7, 11) is 0. The first-order chi connectivity index (χ1) is 10.5. The number of benzene rings is 1. The van der Waals surface area contributed by atoms with Crippen LogP contribution in [0, 0.1) is 11.3 Å². The molecule has 0 saturated heterocycles. The summed E-state index contributed by atoms with van der Waals surface area (Å²) in [5.41, 5.74) is 1.88. The summed E-state index contributed by atoms with van der Waals surface area (Å²) < 4.78 is 5.78. The molecule has 1 aliphatic heterocycles. The number of nitriles is 1. The van der Waals surface area contributed by atoms with Gasteiger partial charge in [-0.15, -0.1) is 11.3 Å². The van der Waals surface area contributed by atoms with Crippen LogP contribution in [0.15, 0.2) is 30.3 Å². The van der Waals surface area contributed by atoms with Crippen molar-refractivity contribution in [3.8, 4) is 6.07 Å². The Balaban J connectivity index is 1.91. The Morgan fingerprint density at radius 1 is 1.36 bits per heavy atom. The van der Waals surface area contributed by atoms with Gasteiger partial charge in [-0.2, -0.15) is 5.26 Å². The van der Waals surface area contributed by atoms with Crippen molar-refractivity contribution in [1.82, 2.24) is 0 Å². The highest BCUT2D eigenvalue weighted by molar-refractivity contribution is 7.16. The Morgan fingerprint density at radius 3 is 2.77 bits per heavy atom. The predicted octanol–water partition coefficient (Wildman–Crippen LogP) is 3.72. The number of carbonyl (C=O) groups excluding carboxylic acids is 1. The molecule has 1 aromatic carbocycles. The second-order valence-electron chi connectivity index (χ2n) is 5.87. The van der Waals surface area contributed by atoms with Crippen LogP contribution in [-0.4, -0.2) is 11.5 Å². The molecule has 0 unspecified atom stereocenters. The van der Waals surface area contributed by atoms with Gasteiger partial charge in [-0.05, 0) is 31.5 Å². The van der Waals surface area contributed by atoms with Crippen LogP contribution in [0.5, 0.6) is 0 Å². The van der Waals surface area contributed by atoms with Gasteiger partial charge in [0.25, 0.3) is 5.91 Å². The molecule has 0 bridgehead atoms. The van der Waals surface area contributed by atoms with E-state index in [0.717, 1.165) is 10.4 Å². The first-order valence-electron chi connectivity index (χ1n) is 7.05. The first-order valence-corrected chi connectivity index (χ1v) is 7.87. The molecular weight excluding hydrogens is 296 g/mol. The van der Waals surface area contributed by atoms with Gasteiger partial charge in [0.15, 0.2) is 0 Å². The number of hydrogen-bond donors (Lipinski definition) is 1. The van der Waals surface area contributed by atoms with Crippen LogP contribution >= 0.6 is 11.3 Å². The highest BCUT2D eigenvalue weighted by Gasteiger charge is 2.31. The molecular formula is C17H16N2O2S. The maximum atomic E-state index is 12.3. The van der Waals surface area contributed by atoms with Gasteiger partial charge in [0.2, 0.25) is 0 Å². The zero-order chi connectivity index (χ0) is 15.7. The predicted molar refractivity (Wildman–Crippen MR) is 86.0 cm³/mol. The highest BCUT2D eigenvalue weighted by Crippen LogP contribution is 2.40. The van der Waals surface area contributed by atoms with Crippen molar-refractivity contribution < 1.29 is 9.53 Å². The van der Waals surface area contributed by atoms with E-state index in [1.54, 1.807) is 12.1 Å². The van der Waals surface area contributed by atoms with Crippen molar-refractivity contribution >= 4 is 22.2 Å². The second-order valence-corrected chi connectivity index (χ2v) is 6.97. The molecule has 0 aliphatic carbocycles. The lowest BCUT2D eigenvalue weighted by Crippen LogP contribution is -2.31. The zero-order valence-electron chi connectivity index (χ0n) is 12.5. The van der Waals surface area contributed by atoms with Gasteiger partial charge in [-0.1, -0.05) is 18.2 Å². The maximum absolute atomic E-state index is 12.3. The standard InChI is InChI=1S/C17H16N2O2S/c1-17(2)8-12-13(9-18)16(22-14(12)10-21-17)19-15(20)11-6-4-3-5-7-11/h3-7H,8,10H2,1-2H3,(H,19,20). The van der Waals surface area contributed by atoms with Crippen LogP contribution in [0.25, 0.3) is 0 Å². The van der Waals surface area contributed by atoms with Crippen molar-refractivity contribution in [2.45, 2.75) is 32.5 Å². The quantitative estimate of drug-likeness (QED) is 0.919. The lowest BCUT2D eigenvalue weighted by molar-refractivity contribution is -0.0383. The minimum absolute atomic E-state index is 0.198. The van der Waals surface area contributed by atoms with Gasteiger partial charge >= 0.3 is 0 Å². The van der Waals surface area contributed by atoms with E-state index in [4.69, 9.17) is 4.74 Å². The Morgan fingerprint density at radius 2 is 2.09 bits per heavy atom. The van der Waals surface area contributed by atoms with E-state index >= 15 is 0 Å². The molecule has 0 atom stereocenters. The van der Waals surface area contributed by atoms with Crippen LogP contribution in [0.1, 0.15) is 40.2 Å².